The molecule has 0 saturated carbocycles. The molecule has 18 heavy (non-hydrogen) atoms. The molecule has 1 aliphatic heterocycles. The van der Waals surface area contributed by atoms with E-state index in [0.717, 1.165) is 31.7 Å². The zero-order chi connectivity index (χ0) is 12.4. The van der Waals surface area contributed by atoms with Gasteiger partial charge in [0.1, 0.15) is 0 Å². The fourth-order valence-corrected chi connectivity index (χ4v) is 2.48. The molecule has 92 valence electrons. The van der Waals surface area contributed by atoms with E-state index in [4.69, 9.17) is 0 Å². The Balaban J connectivity index is 1.77. The average Bonchev–Trinajstić information content (AvgIpc) is 2.39. The first kappa shape index (κ1) is 11.2. The molecule has 3 rings (SSSR count). The maximum absolute atomic E-state index is 11.3. The van der Waals surface area contributed by atoms with Gasteiger partial charge in [-0.15, -0.1) is 0 Å². The molecule has 2 heterocycles. The number of benzene rings is 1. The summed E-state index contributed by atoms with van der Waals surface area (Å²) in [6.07, 6.45) is 1.01. The first-order valence-electron chi connectivity index (χ1n) is 6.28. The van der Waals surface area contributed by atoms with Crippen LogP contribution < -0.4 is 5.56 Å². The molecule has 0 radical (unpaired) electrons. The molecule has 0 bridgehead atoms. The fourth-order valence-electron chi connectivity index (χ4n) is 2.48. The summed E-state index contributed by atoms with van der Waals surface area (Å²) in [6, 6.07) is 14.0. The van der Waals surface area contributed by atoms with Crippen LogP contribution in [0.15, 0.2) is 47.3 Å². The summed E-state index contributed by atoms with van der Waals surface area (Å²) >= 11 is 0. The molecule has 0 atom stereocenters. The van der Waals surface area contributed by atoms with Crippen LogP contribution in [-0.2, 0) is 19.5 Å². The third kappa shape index (κ3) is 2.36. The van der Waals surface area contributed by atoms with Crippen molar-refractivity contribution in [3.05, 3.63) is 69.6 Å². The van der Waals surface area contributed by atoms with Crippen molar-refractivity contribution in [2.24, 2.45) is 0 Å². The molecule has 0 aliphatic carbocycles. The Morgan fingerprint density at radius 2 is 1.94 bits per heavy atom. The second-order valence-corrected chi connectivity index (χ2v) is 4.77. The quantitative estimate of drug-likeness (QED) is 0.870. The molecule has 3 nitrogen and oxygen atoms in total. The molecule has 0 unspecified atom stereocenters. The second kappa shape index (κ2) is 4.78. The molecule has 1 N–H and O–H groups in total. The molecule has 1 aromatic heterocycles. The third-order valence-corrected chi connectivity index (χ3v) is 3.43. The molecule has 0 amide bonds. The number of hydrogen-bond donors (Lipinski definition) is 1. The monoisotopic (exact) mass is 240 g/mol. The van der Waals surface area contributed by atoms with Gasteiger partial charge in [-0.05, 0) is 17.5 Å². The number of aromatic amines is 1. The van der Waals surface area contributed by atoms with E-state index >= 15 is 0 Å². The van der Waals surface area contributed by atoms with Crippen molar-refractivity contribution in [3.63, 3.8) is 0 Å². The van der Waals surface area contributed by atoms with Gasteiger partial charge in [0.2, 0.25) is 5.56 Å². The number of fused-ring (bicyclic) bond motifs is 1. The number of nitrogens with one attached hydrogen (secondary N) is 1. The summed E-state index contributed by atoms with van der Waals surface area (Å²) in [5, 5.41) is 0. The van der Waals surface area contributed by atoms with Crippen LogP contribution in [0.5, 0.6) is 0 Å². The van der Waals surface area contributed by atoms with E-state index < -0.39 is 0 Å². The molecular weight excluding hydrogens is 224 g/mol. The normalized spacial score (nSPS) is 15.3. The van der Waals surface area contributed by atoms with Crippen molar-refractivity contribution in [1.29, 1.82) is 0 Å². The summed E-state index contributed by atoms with van der Waals surface area (Å²) < 4.78 is 0. The van der Waals surface area contributed by atoms with E-state index in [9.17, 15) is 4.79 Å². The summed E-state index contributed by atoms with van der Waals surface area (Å²) in [5.74, 6) is 0. The van der Waals surface area contributed by atoms with Crippen molar-refractivity contribution >= 4 is 0 Å². The van der Waals surface area contributed by atoms with Crippen LogP contribution in [0.1, 0.15) is 16.8 Å². The summed E-state index contributed by atoms with van der Waals surface area (Å²) in [5.41, 5.74) is 3.66. The molecule has 0 spiro atoms. The van der Waals surface area contributed by atoms with Gasteiger partial charge in [0.15, 0.2) is 0 Å². The lowest BCUT2D eigenvalue weighted by Gasteiger charge is -2.28. The van der Waals surface area contributed by atoms with Gasteiger partial charge in [-0.2, -0.15) is 0 Å². The lowest BCUT2D eigenvalue weighted by atomic mass is 10.0. The van der Waals surface area contributed by atoms with Gasteiger partial charge in [-0.25, -0.2) is 0 Å². The van der Waals surface area contributed by atoms with E-state index in [-0.39, 0.29) is 5.56 Å². The SMILES string of the molecule is O=c1ccc2c([nH]1)CN(Cc1ccccc1)CC2. The van der Waals surface area contributed by atoms with Crippen LogP contribution in [0.2, 0.25) is 0 Å². The third-order valence-electron chi connectivity index (χ3n) is 3.43. The topological polar surface area (TPSA) is 36.1 Å². The predicted octanol–water partition coefficient (Wildman–Crippen LogP) is 1.93. The predicted molar refractivity (Wildman–Crippen MR) is 71.3 cm³/mol. The number of H-pyrrole nitrogens is 1. The van der Waals surface area contributed by atoms with Crippen molar-refractivity contribution in [2.45, 2.75) is 19.5 Å². The molecule has 3 heteroatoms. The Labute approximate surface area is 106 Å². The zero-order valence-corrected chi connectivity index (χ0v) is 10.2. The summed E-state index contributed by atoms with van der Waals surface area (Å²) in [6.45, 7) is 2.82. The second-order valence-electron chi connectivity index (χ2n) is 4.77. The molecule has 1 aliphatic rings. The maximum atomic E-state index is 11.3. The number of pyridine rings is 1. The van der Waals surface area contributed by atoms with Crippen molar-refractivity contribution < 1.29 is 0 Å². The minimum absolute atomic E-state index is 0.00434. The van der Waals surface area contributed by atoms with Gasteiger partial charge >= 0.3 is 0 Å². The first-order valence-corrected chi connectivity index (χ1v) is 6.28. The Morgan fingerprint density at radius 3 is 2.78 bits per heavy atom. The van der Waals surface area contributed by atoms with Crippen LogP contribution in [0.3, 0.4) is 0 Å². The zero-order valence-electron chi connectivity index (χ0n) is 10.2. The van der Waals surface area contributed by atoms with E-state index in [0.29, 0.717) is 0 Å². The molecule has 0 fully saturated rings. The number of rotatable bonds is 2. The van der Waals surface area contributed by atoms with Crippen LogP contribution in [0, 0.1) is 0 Å². The highest BCUT2D eigenvalue weighted by atomic mass is 16.1. The Bertz CT molecular complexity index is 589. The van der Waals surface area contributed by atoms with Crippen LogP contribution in [0.4, 0.5) is 0 Å². The van der Waals surface area contributed by atoms with E-state index in [2.05, 4.69) is 34.1 Å². The highest BCUT2D eigenvalue weighted by molar-refractivity contribution is 5.23. The lowest BCUT2D eigenvalue weighted by Crippen LogP contribution is -2.32. The molecule has 2 aromatic rings. The van der Waals surface area contributed by atoms with Crippen LogP contribution in [0.25, 0.3) is 0 Å². The minimum Gasteiger partial charge on any atom is -0.325 e. The van der Waals surface area contributed by atoms with Crippen molar-refractivity contribution in [2.75, 3.05) is 6.54 Å². The average molecular weight is 240 g/mol. The Kier molecular flexibility index (Phi) is 2.99. The van der Waals surface area contributed by atoms with Crippen molar-refractivity contribution in [3.8, 4) is 0 Å². The Morgan fingerprint density at radius 1 is 1.11 bits per heavy atom. The Hall–Kier alpha value is -1.87. The number of nitrogens with zero attached hydrogens (tertiary/aromatic N) is 1. The van der Waals surface area contributed by atoms with E-state index in [1.54, 1.807) is 6.07 Å². The van der Waals surface area contributed by atoms with E-state index in [1.165, 1.54) is 11.1 Å². The van der Waals surface area contributed by atoms with Crippen molar-refractivity contribution in [1.82, 2.24) is 9.88 Å². The van der Waals surface area contributed by atoms with Gasteiger partial charge in [-0.1, -0.05) is 36.4 Å². The molecule has 0 saturated heterocycles. The van der Waals surface area contributed by atoms with Gasteiger partial charge in [0.05, 0.1) is 0 Å². The van der Waals surface area contributed by atoms with Gasteiger partial charge < -0.3 is 4.98 Å². The first-order chi connectivity index (χ1) is 8.81. The summed E-state index contributed by atoms with van der Waals surface area (Å²) in [7, 11) is 0. The van der Waals surface area contributed by atoms with E-state index in [1.807, 2.05) is 12.1 Å². The highest BCUT2D eigenvalue weighted by Gasteiger charge is 2.16. The molecule has 1 aromatic carbocycles. The van der Waals surface area contributed by atoms with Crippen LogP contribution in [-0.4, -0.2) is 16.4 Å². The fraction of sp³-hybridized carbons (Fsp3) is 0.267. The number of aromatic nitrogens is 1. The highest BCUT2D eigenvalue weighted by Crippen LogP contribution is 2.17. The minimum atomic E-state index is -0.00434. The smallest absolute Gasteiger partial charge is 0.248 e. The van der Waals surface area contributed by atoms with Gasteiger partial charge in [0.25, 0.3) is 0 Å². The van der Waals surface area contributed by atoms with Crippen LogP contribution >= 0.6 is 0 Å². The maximum Gasteiger partial charge on any atom is 0.248 e. The lowest BCUT2D eigenvalue weighted by molar-refractivity contribution is 0.241. The largest absolute Gasteiger partial charge is 0.325 e. The van der Waals surface area contributed by atoms with Gasteiger partial charge in [0, 0.05) is 31.4 Å². The number of hydrogen-bond acceptors (Lipinski definition) is 2. The standard InChI is InChI=1S/C15H16N2O/c18-15-7-6-13-8-9-17(11-14(13)16-15)10-12-4-2-1-3-5-12/h1-7H,8-11H2,(H,16,18). The van der Waals surface area contributed by atoms with Gasteiger partial charge in [-0.3, -0.25) is 9.69 Å². The summed E-state index contributed by atoms with van der Waals surface area (Å²) in [4.78, 5) is 16.6. The molecular formula is C15H16N2O.